The van der Waals surface area contributed by atoms with Crippen LogP contribution in [0.2, 0.25) is 0 Å². The first kappa shape index (κ1) is 30.4. The molecule has 1 saturated carbocycles. The number of nitriles is 1. The van der Waals surface area contributed by atoms with Gasteiger partial charge < -0.3 is 18.9 Å². The highest BCUT2D eigenvalue weighted by Crippen LogP contribution is 2.46. The fraction of sp³-hybridized carbons (Fsp3) is 0.545. The van der Waals surface area contributed by atoms with Crippen LogP contribution in [-0.2, 0) is 18.4 Å². The number of aromatic nitrogens is 1. The second kappa shape index (κ2) is 12.5. The Morgan fingerprint density at radius 2 is 1.76 bits per heavy atom. The highest BCUT2D eigenvalue weighted by molar-refractivity contribution is 5.97. The first-order valence-corrected chi connectivity index (χ1v) is 14.6. The molecule has 1 aromatic carbocycles. The van der Waals surface area contributed by atoms with Crippen LogP contribution in [0.4, 0.5) is 0 Å². The van der Waals surface area contributed by atoms with E-state index in [-0.39, 0.29) is 22.9 Å². The molecule has 2 fully saturated rings. The van der Waals surface area contributed by atoms with Gasteiger partial charge in [0.05, 0.1) is 19.8 Å². The van der Waals surface area contributed by atoms with Gasteiger partial charge in [0.25, 0.3) is 11.5 Å². The summed E-state index contributed by atoms with van der Waals surface area (Å²) >= 11 is 0. The van der Waals surface area contributed by atoms with Crippen LogP contribution < -0.4 is 15.0 Å². The van der Waals surface area contributed by atoms with Crippen molar-refractivity contribution in [1.82, 2.24) is 14.4 Å². The van der Waals surface area contributed by atoms with E-state index in [1.54, 1.807) is 25.8 Å². The van der Waals surface area contributed by atoms with Gasteiger partial charge in [-0.3, -0.25) is 14.5 Å². The molecular weight excluding hydrogens is 516 g/mol. The lowest BCUT2D eigenvalue weighted by Crippen LogP contribution is -2.46. The van der Waals surface area contributed by atoms with Gasteiger partial charge in [0, 0.05) is 50.0 Å². The van der Waals surface area contributed by atoms with Crippen molar-refractivity contribution in [3.05, 3.63) is 57.0 Å². The fourth-order valence-electron chi connectivity index (χ4n) is 6.30. The zero-order valence-electron chi connectivity index (χ0n) is 25.7. The normalized spacial score (nSPS) is 17.2. The SMILES string of the molecule is CCC1(/C=C(\C#N)C(=O)N2CCC(N(C)Cc3c(OC)cc(-c4cn(C)c(=O)c(C)c4C)cc3OC)CC2)CCC1. The summed E-state index contributed by atoms with van der Waals surface area (Å²) < 4.78 is 13.3. The molecule has 8 nitrogen and oxygen atoms in total. The summed E-state index contributed by atoms with van der Waals surface area (Å²) in [7, 11) is 7.19. The molecule has 1 amide bonds. The lowest BCUT2D eigenvalue weighted by Gasteiger charge is -2.40. The average Bonchev–Trinajstić information content (AvgIpc) is 2.97. The largest absolute Gasteiger partial charge is 0.496 e. The Labute approximate surface area is 244 Å². The maximum absolute atomic E-state index is 13.2. The Kier molecular flexibility index (Phi) is 9.28. The minimum atomic E-state index is -0.129. The van der Waals surface area contributed by atoms with Crippen molar-refractivity contribution in [2.45, 2.75) is 71.9 Å². The number of nitrogens with zero attached hydrogens (tertiary/aromatic N) is 4. The quantitative estimate of drug-likeness (QED) is 0.312. The van der Waals surface area contributed by atoms with Gasteiger partial charge in [-0.05, 0) is 81.7 Å². The van der Waals surface area contributed by atoms with Crippen molar-refractivity contribution in [1.29, 1.82) is 5.26 Å². The first-order chi connectivity index (χ1) is 19.6. The molecule has 1 aliphatic carbocycles. The Bertz CT molecular complexity index is 1390. The highest BCUT2D eigenvalue weighted by atomic mass is 16.5. The van der Waals surface area contributed by atoms with Gasteiger partial charge in [-0.1, -0.05) is 19.4 Å². The van der Waals surface area contributed by atoms with Crippen LogP contribution in [0.3, 0.4) is 0 Å². The zero-order chi connectivity index (χ0) is 29.9. The molecule has 2 heterocycles. The summed E-state index contributed by atoms with van der Waals surface area (Å²) in [5.41, 5.74) is 4.85. The van der Waals surface area contributed by atoms with Gasteiger partial charge in [-0.15, -0.1) is 0 Å². The number of carbonyl (C=O) groups is 1. The Hall–Kier alpha value is -3.57. The third kappa shape index (κ3) is 6.06. The van der Waals surface area contributed by atoms with Gasteiger partial charge in [-0.25, -0.2) is 0 Å². The molecule has 0 spiro atoms. The summed E-state index contributed by atoms with van der Waals surface area (Å²) in [6.45, 7) is 7.84. The Balaban J connectivity index is 1.49. The van der Waals surface area contributed by atoms with Crippen LogP contribution >= 0.6 is 0 Å². The van der Waals surface area contributed by atoms with E-state index < -0.39 is 0 Å². The summed E-state index contributed by atoms with van der Waals surface area (Å²) in [6.07, 6.45) is 9.74. The minimum absolute atomic E-state index is 0.000665. The maximum atomic E-state index is 13.2. The molecule has 0 bridgehead atoms. The number of piperidine rings is 1. The molecule has 2 aromatic rings. The molecule has 1 aromatic heterocycles. The summed E-state index contributed by atoms with van der Waals surface area (Å²) in [5.74, 6) is 1.33. The van der Waals surface area contributed by atoms with Crippen LogP contribution in [0, 0.1) is 30.6 Å². The van der Waals surface area contributed by atoms with Gasteiger partial charge in [-0.2, -0.15) is 5.26 Å². The molecule has 220 valence electrons. The van der Waals surface area contributed by atoms with Gasteiger partial charge in [0.15, 0.2) is 0 Å². The molecule has 8 heteroatoms. The van der Waals surface area contributed by atoms with E-state index in [4.69, 9.17) is 9.47 Å². The molecule has 1 saturated heterocycles. The standard InChI is InChI=1S/C33H44N4O4/c1-8-33(12-9-13-33)18-25(19-34)32(39)37-14-10-26(11-15-37)35(4)21-28-29(40-6)16-24(17-30(28)41-7)27-20-36(5)31(38)23(3)22(27)2/h16-18,20,26H,8-15,21H2,1-7H3/b25-18+. The monoisotopic (exact) mass is 560 g/mol. The van der Waals surface area contributed by atoms with E-state index in [2.05, 4.69) is 24.9 Å². The van der Waals surface area contributed by atoms with Gasteiger partial charge >= 0.3 is 0 Å². The van der Waals surface area contributed by atoms with Crippen LogP contribution in [0.15, 0.2) is 34.8 Å². The third-order valence-corrected chi connectivity index (χ3v) is 9.49. The lowest BCUT2D eigenvalue weighted by atomic mass is 9.66. The number of ether oxygens (including phenoxy) is 2. The van der Waals surface area contributed by atoms with Crippen molar-refractivity contribution in [2.75, 3.05) is 34.4 Å². The first-order valence-electron chi connectivity index (χ1n) is 14.6. The number of amides is 1. The molecule has 41 heavy (non-hydrogen) atoms. The number of benzene rings is 1. The van der Waals surface area contributed by atoms with Crippen LogP contribution in [0.25, 0.3) is 11.1 Å². The van der Waals surface area contributed by atoms with Crippen LogP contribution in [0.5, 0.6) is 11.5 Å². The second-order valence-electron chi connectivity index (χ2n) is 11.7. The number of likely N-dealkylation sites (tertiary alicyclic amines) is 1. The van der Waals surface area contributed by atoms with Crippen LogP contribution in [-0.4, -0.2) is 60.7 Å². The Morgan fingerprint density at radius 3 is 2.24 bits per heavy atom. The number of aryl methyl sites for hydroxylation is 1. The maximum Gasteiger partial charge on any atom is 0.264 e. The number of hydrogen-bond donors (Lipinski definition) is 0. The highest BCUT2D eigenvalue weighted by Gasteiger charge is 2.35. The van der Waals surface area contributed by atoms with Crippen molar-refractivity contribution < 1.29 is 14.3 Å². The molecular formula is C33H44N4O4. The van der Waals surface area contributed by atoms with E-state index in [1.807, 2.05) is 43.2 Å². The van der Waals surface area contributed by atoms with E-state index in [1.165, 1.54) is 6.42 Å². The Morgan fingerprint density at radius 1 is 1.15 bits per heavy atom. The van der Waals surface area contributed by atoms with E-state index in [0.717, 1.165) is 71.4 Å². The number of pyridine rings is 1. The van der Waals surface area contributed by atoms with E-state index >= 15 is 0 Å². The lowest BCUT2D eigenvalue weighted by molar-refractivity contribution is -0.128. The number of hydrogen-bond acceptors (Lipinski definition) is 6. The third-order valence-electron chi connectivity index (χ3n) is 9.49. The number of rotatable bonds is 9. The molecule has 1 aliphatic heterocycles. The van der Waals surface area contributed by atoms with Crippen molar-refractivity contribution in [2.24, 2.45) is 12.5 Å². The van der Waals surface area contributed by atoms with Crippen molar-refractivity contribution in [3.63, 3.8) is 0 Å². The van der Waals surface area contributed by atoms with Crippen molar-refractivity contribution in [3.8, 4) is 28.7 Å². The molecule has 0 N–H and O–H groups in total. The summed E-state index contributed by atoms with van der Waals surface area (Å²) in [6, 6.07) is 6.50. The van der Waals surface area contributed by atoms with Gasteiger partial charge in [0.1, 0.15) is 23.1 Å². The predicted molar refractivity (Wildman–Crippen MR) is 161 cm³/mol. The second-order valence-corrected chi connectivity index (χ2v) is 11.7. The van der Waals surface area contributed by atoms with Crippen LogP contribution in [0.1, 0.15) is 62.1 Å². The van der Waals surface area contributed by atoms with E-state index in [0.29, 0.717) is 25.2 Å². The molecule has 2 aliphatic rings. The van der Waals surface area contributed by atoms with Crippen molar-refractivity contribution >= 4 is 5.91 Å². The number of allylic oxidation sites excluding steroid dienone is 1. The smallest absolute Gasteiger partial charge is 0.264 e. The topological polar surface area (TPSA) is 87.8 Å². The minimum Gasteiger partial charge on any atom is -0.496 e. The molecule has 0 atom stereocenters. The summed E-state index contributed by atoms with van der Waals surface area (Å²) in [4.78, 5) is 29.7. The molecule has 0 unspecified atom stereocenters. The molecule has 0 radical (unpaired) electrons. The zero-order valence-corrected chi connectivity index (χ0v) is 25.7. The number of carbonyl (C=O) groups excluding carboxylic acids is 1. The fourth-order valence-corrected chi connectivity index (χ4v) is 6.30. The number of methoxy groups -OCH3 is 2. The average molecular weight is 561 g/mol. The van der Waals surface area contributed by atoms with E-state index in [9.17, 15) is 14.9 Å². The van der Waals surface area contributed by atoms with Gasteiger partial charge in [0.2, 0.25) is 0 Å². The molecule has 4 rings (SSSR count). The summed E-state index contributed by atoms with van der Waals surface area (Å²) in [5, 5.41) is 9.74. The predicted octanol–water partition coefficient (Wildman–Crippen LogP) is 5.14.